The van der Waals surface area contributed by atoms with Crippen molar-refractivity contribution in [2.45, 2.75) is 115 Å². The summed E-state index contributed by atoms with van der Waals surface area (Å²) in [5.74, 6) is 0.703. The maximum Gasteiger partial charge on any atom is 0.308 e. The molecule has 4 saturated carbocycles. The van der Waals surface area contributed by atoms with Crippen molar-refractivity contribution < 1.29 is 9.53 Å². The van der Waals surface area contributed by atoms with Crippen LogP contribution in [-0.4, -0.2) is 18.0 Å². The van der Waals surface area contributed by atoms with E-state index in [-0.39, 0.29) is 17.3 Å². The zero-order chi connectivity index (χ0) is 22.6. The van der Waals surface area contributed by atoms with Crippen LogP contribution in [0.3, 0.4) is 0 Å². The van der Waals surface area contributed by atoms with Gasteiger partial charge in [-0.05, 0) is 111 Å². The van der Waals surface area contributed by atoms with E-state index in [2.05, 4.69) is 31.2 Å². The Morgan fingerprint density at radius 1 is 0.969 bits per heavy atom. The predicted octanol–water partition coefficient (Wildman–Crippen LogP) is 8.20. The van der Waals surface area contributed by atoms with E-state index in [0.717, 1.165) is 38.5 Å². The van der Waals surface area contributed by atoms with Gasteiger partial charge < -0.3 is 4.74 Å². The monoisotopic (exact) mass is 458 g/mol. The Morgan fingerprint density at radius 2 is 1.59 bits per heavy atom. The van der Waals surface area contributed by atoms with Gasteiger partial charge in [-0.1, -0.05) is 44.5 Å². The van der Waals surface area contributed by atoms with E-state index in [4.69, 9.17) is 16.3 Å². The number of hydrogen-bond donors (Lipinski definition) is 0. The average molecular weight is 459 g/mol. The largest absolute Gasteiger partial charge is 0.465 e. The summed E-state index contributed by atoms with van der Waals surface area (Å²) in [7, 11) is 0. The Labute approximate surface area is 200 Å². The summed E-state index contributed by atoms with van der Waals surface area (Å²) in [5.41, 5.74) is 3.84. The second-order valence-corrected chi connectivity index (χ2v) is 11.8. The van der Waals surface area contributed by atoms with Crippen LogP contribution in [0.4, 0.5) is 0 Å². The Hall–Kier alpha value is -1.02. The summed E-state index contributed by atoms with van der Waals surface area (Å²) >= 11 is 7.12. The third kappa shape index (κ3) is 5.21. The summed E-state index contributed by atoms with van der Waals surface area (Å²) in [6.45, 7) is 4.94. The van der Waals surface area contributed by atoms with E-state index in [1.165, 1.54) is 62.5 Å². The predicted molar refractivity (Wildman–Crippen MR) is 133 cm³/mol. The van der Waals surface area contributed by atoms with Crippen LogP contribution < -0.4 is 0 Å². The molecular formula is C29H43ClO2. The number of fused-ring (bicyclic) bond motifs is 3. The van der Waals surface area contributed by atoms with Gasteiger partial charge in [-0.2, -0.15) is 0 Å². The molecular weight excluding hydrogens is 416 g/mol. The fourth-order valence-corrected chi connectivity index (χ4v) is 7.51. The molecule has 0 spiro atoms. The number of esters is 1. The number of carbonyl (C=O) groups is 1. The third-order valence-electron chi connectivity index (χ3n) is 9.28. The van der Waals surface area contributed by atoms with Gasteiger partial charge in [0.05, 0.1) is 12.5 Å². The molecule has 4 aliphatic rings. The normalized spacial score (nSPS) is 33.1. The van der Waals surface area contributed by atoms with Gasteiger partial charge in [-0.25, -0.2) is 0 Å². The molecule has 0 aromatic heterocycles. The van der Waals surface area contributed by atoms with E-state index in [0.29, 0.717) is 23.4 Å². The molecule has 1 aromatic carbocycles. The first-order valence-electron chi connectivity index (χ1n) is 13.4. The second kappa shape index (κ2) is 10.5. The van der Waals surface area contributed by atoms with E-state index in [1.54, 1.807) is 0 Å². The number of halogens is 1. The minimum Gasteiger partial charge on any atom is -0.465 e. The van der Waals surface area contributed by atoms with Crippen LogP contribution in [0.5, 0.6) is 0 Å². The fourth-order valence-electron chi connectivity index (χ4n) is 7.00. The maximum absolute atomic E-state index is 12.1. The summed E-state index contributed by atoms with van der Waals surface area (Å²) in [6, 6.07) is 9.28. The van der Waals surface area contributed by atoms with Crippen LogP contribution in [0.15, 0.2) is 24.3 Å². The van der Waals surface area contributed by atoms with Crippen LogP contribution in [0.2, 0.25) is 0 Å². The molecule has 32 heavy (non-hydrogen) atoms. The molecule has 4 aliphatic carbocycles. The van der Waals surface area contributed by atoms with Crippen molar-refractivity contribution in [3.05, 3.63) is 35.4 Å². The van der Waals surface area contributed by atoms with Crippen LogP contribution in [-0.2, 0) is 16.0 Å². The molecule has 3 heteroatoms. The number of ether oxygens (including phenoxy) is 1. The van der Waals surface area contributed by atoms with Gasteiger partial charge in [0.25, 0.3) is 0 Å². The third-order valence-corrected chi connectivity index (χ3v) is 9.90. The zero-order valence-corrected chi connectivity index (χ0v) is 21.1. The minimum absolute atomic E-state index is 0.0190. The molecule has 2 nitrogen and oxygen atoms in total. The quantitative estimate of drug-likeness (QED) is 0.275. The maximum atomic E-state index is 12.1. The van der Waals surface area contributed by atoms with Gasteiger partial charge in [0.2, 0.25) is 0 Å². The lowest BCUT2D eigenvalue weighted by Crippen LogP contribution is -2.46. The molecule has 0 N–H and O–H groups in total. The number of benzene rings is 1. The van der Waals surface area contributed by atoms with Gasteiger partial charge >= 0.3 is 5.97 Å². The molecule has 4 fully saturated rings. The Bertz CT molecular complexity index is 722. The van der Waals surface area contributed by atoms with Gasteiger partial charge in [-0.15, -0.1) is 11.6 Å². The van der Waals surface area contributed by atoms with Crippen molar-refractivity contribution in [2.75, 3.05) is 6.61 Å². The van der Waals surface area contributed by atoms with Crippen molar-refractivity contribution >= 4 is 17.6 Å². The first kappa shape index (κ1) is 24.1. The number of rotatable bonds is 9. The molecule has 1 unspecified atom stereocenters. The first-order valence-corrected chi connectivity index (χ1v) is 13.8. The van der Waals surface area contributed by atoms with Gasteiger partial charge in [0, 0.05) is 5.38 Å². The lowest BCUT2D eigenvalue weighted by Gasteiger charge is -2.55. The van der Waals surface area contributed by atoms with Crippen LogP contribution in [0.25, 0.3) is 0 Å². The summed E-state index contributed by atoms with van der Waals surface area (Å²) in [6.07, 6.45) is 16.9. The van der Waals surface area contributed by atoms with Crippen molar-refractivity contribution in [2.24, 2.45) is 16.7 Å². The Balaban J connectivity index is 1.28. The SMILES string of the molecule is CCCOC(=O)C1CCC(c2ccc(CC(Cl)C34CCC(CCC)(CC3)CC4)cc2)CC1. The van der Waals surface area contributed by atoms with E-state index >= 15 is 0 Å². The number of alkyl halides is 1. The molecule has 178 valence electrons. The first-order chi connectivity index (χ1) is 15.5. The van der Waals surface area contributed by atoms with Crippen molar-refractivity contribution in [3.8, 4) is 0 Å². The second-order valence-electron chi connectivity index (χ2n) is 11.2. The molecule has 0 amide bonds. The lowest BCUT2D eigenvalue weighted by molar-refractivity contribution is -0.149. The Morgan fingerprint density at radius 3 is 2.16 bits per heavy atom. The lowest BCUT2D eigenvalue weighted by atomic mass is 9.51. The Kier molecular flexibility index (Phi) is 7.91. The molecule has 5 rings (SSSR count). The molecule has 0 radical (unpaired) electrons. The van der Waals surface area contributed by atoms with E-state index in [1.807, 2.05) is 6.92 Å². The van der Waals surface area contributed by atoms with Crippen LogP contribution in [0.1, 0.15) is 114 Å². The molecule has 1 aromatic rings. The highest BCUT2D eigenvalue weighted by atomic mass is 35.5. The zero-order valence-electron chi connectivity index (χ0n) is 20.3. The van der Waals surface area contributed by atoms with E-state index < -0.39 is 0 Å². The smallest absolute Gasteiger partial charge is 0.308 e. The van der Waals surface area contributed by atoms with Crippen LogP contribution >= 0.6 is 11.6 Å². The van der Waals surface area contributed by atoms with Crippen molar-refractivity contribution in [1.29, 1.82) is 0 Å². The highest BCUT2D eigenvalue weighted by Gasteiger charge is 2.50. The average Bonchev–Trinajstić information content (AvgIpc) is 2.84. The minimum atomic E-state index is 0.0190. The summed E-state index contributed by atoms with van der Waals surface area (Å²) in [4.78, 5) is 12.1. The van der Waals surface area contributed by atoms with Gasteiger partial charge in [0.15, 0.2) is 0 Å². The number of hydrogen-bond acceptors (Lipinski definition) is 2. The molecule has 2 bridgehead atoms. The van der Waals surface area contributed by atoms with Crippen molar-refractivity contribution in [3.63, 3.8) is 0 Å². The van der Waals surface area contributed by atoms with E-state index in [9.17, 15) is 4.79 Å². The standard InChI is InChI=1S/C29H43ClO2/c1-3-13-28-14-17-29(18-15-28,19-16-28)26(30)21-22-5-7-23(8-6-22)24-9-11-25(12-10-24)27(31)32-20-4-2/h5-8,24-26H,3-4,9-21H2,1-2H3. The highest BCUT2D eigenvalue weighted by Crippen LogP contribution is 2.61. The number of carbonyl (C=O) groups excluding carboxylic acids is 1. The molecule has 0 saturated heterocycles. The van der Waals surface area contributed by atoms with Gasteiger partial charge in [0.1, 0.15) is 0 Å². The van der Waals surface area contributed by atoms with Crippen LogP contribution in [0, 0.1) is 16.7 Å². The molecule has 1 atom stereocenters. The van der Waals surface area contributed by atoms with Crippen molar-refractivity contribution in [1.82, 2.24) is 0 Å². The summed E-state index contributed by atoms with van der Waals surface area (Å²) < 4.78 is 5.36. The molecule has 0 aliphatic heterocycles. The topological polar surface area (TPSA) is 26.3 Å². The van der Waals surface area contributed by atoms with Gasteiger partial charge in [-0.3, -0.25) is 4.79 Å². The highest BCUT2D eigenvalue weighted by molar-refractivity contribution is 6.21. The summed E-state index contributed by atoms with van der Waals surface area (Å²) in [5, 5.41) is 0.262. The fraction of sp³-hybridized carbons (Fsp3) is 0.759. The molecule has 0 heterocycles.